The standard InChI is InChI=1S/C46H46N4O10S2/c1-47-61(53,54)43-11-3-9-37(27-43)35-15-21-39(22-16-35)57-31-41(19-13-33-7-5-25-49-29-33)59-45(51)46(52)60-42(20-14-34-8-6-26-50-30-34)32-58-40-23-17-36(18-24-40)38-10-4-12-44(28-38)62(55,56)48-2/h3-12,15-18,21-30,41-42,47-48H,13-14,19-20,31-32H2,1-2H3/t41-,42-/m1/s1. The maximum Gasteiger partial charge on any atom is 0.417 e. The molecule has 6 rings (SSSR count). The lowest BCUT2D eigenvalue weighted by molar-refractivity contribution is -0.176. The van der Waals surface area contributed by atoms with E-state index in [0.29, 0.717) is 48.3 Å². The third-order valence-electron chi connectivity index (χ3n) is 9.74. The summed E-state index contributed by atoms with van der Waals surface area (Å²) >= 11 is 0. The molecule has 322 valence electrons. The first-order valence-electron chi connectivity index (χ1n) is 19.7. The van der Waals surface area contributed by atoms with Crippen molar-refractivity contribution in [2.75, 3.05) is 27.3 Å². The largest absolute Gasteiger partial charge is 0.490 e. The van der Waals surface area contributed by atoms with E-state index in [4.69, 9.17) is 18.9 Å². The smallest absolute Gasteiger partial charge is 0.417 e. The van der Waals surface area contributed by atoms with Gasteiger partial charge in [-0.05, 0) is 134 Å². The van der Waals surface area contributed by atoms with Gasteiger partial charge >= 0.3 is 11.9 Å². The second kappa shape index (κ2) is 21.4. The molecule has 0 saturated carbocycles. The number of ether oxygens (including phenoxy) is 4. The molecule has 2 heterocycles. The fourth-order valence-corrected chi connectivity index (χ4v) is 7.84. The molecule has 16 heteroatoms. The molecule has 4 aromatic carbocycles. The summed E-state index contributed by atoms with van der Waals surface area (Å²) in [7, 11) is -4.54. The average molecular weight is 879 g/mol. The van der Waals surface area contributed by atoms with Gasteiger partial charge in [0.05, 0.1) is 9.79 Å². The van der Waals surface area contributed by atoms with Gasteiger partial charge in [0, 0.05) is 24.8 Å². The number of aromatic nitrogens is 2. The summed E-state index contributed by atoms with van der Waals surface area (Å²) < 4.78 is 77.4. The highest BCUT2D eigenvalue weighted by atomic mass is 32.2. The Morgan fingerprint density at radius 3 is 1.29 bits per heavy atom. The van der Waals surface area contributed by atoms with E-state index in [0.717, 1.165) is 22.3 Å². The summed E-state index contributed by atoms with van der Waals surface area (Å²) in [5, 5.41) is 0. The van der Waals surface area contributed by atoms with E-state index in [1.165, 1.54) is 26.2 Å². The summed E-state index contributed by atoms with van der Waals surface area (Å²) in [4.78, 5) is 35.3. The quantitative estimate of drug-likeness (QED) is 0.0656. The number of pyridine rings is 2. The first-order valence-corrected chi connectivity index (χ1v) is 22.6. The predicted molar refractivity (Wildman–Crippen MR) is 232 cm³/mol. The van der Waals surface area contributed by atoms with Crippen molar-refractivity contribution in [1.82, 2.24) is 19.4 Å². The van der Waals surface area contributed by atoms with Gasteiger partial charge in [0.15, 0.2) is 0 Å². The van der Waals surface area contributed by atoms with Crippen molar-refractivity contribution in [3.63, 3.8) is 0 Å². The molecule has 0 amide bonds. The van der Waals surface area contributed by atoms with E-state index in [2.05, 4.69) is 19.4 Å². The van der Waals surface area contributed by atoms with Crippen LogP contribution in [0, 0.1) is 0 Å². The third kappa shape index (κ3) is 12.8. The van der Waals surface area contributed by atoms with E-state index in [9.17, 15) is 26.4 Å². The van der Waals surface area contributed by atoms with Gasteiger partial charge in [-0.2, -0.15) is 0 Å². The Kier molecular flexibility index (Phi) is 15.5. The van der Waals surface area contributed by atoms with Crippen LogP contribution in [-0.2, 0) is 52.0 Å². The van der Waals surface area contributed by atoms with E-state index < -0.39 is 44.2 Å². The van der Waals surface area contributed by atoms with Crippen LogP contribution in [0.25, 0.3) is 22.3 Å². The fourth-order valence-electron chi connectivity index (χ4n) is 6.29. The van der Waals surface area contributed by atoms with Crippen molar-refractivity contribution in [3.8, 4) is 33.8 Å². The first-order chi connectivity index (χ1) is 29.9. The SMILES string of the molecule is CNS(=O)(=O)c1cccc(-c2ccc(OC[C@@H](CCc3cccnc3)OC(=O)C(=O)O[C@H](CCc3cccnc3)COc3ccc(-c4cccc(S(=O)(=O)NC)c4)cc3)cc2)c1. The van der Waals surface area contributed by atoms with Gasteiger partial charge in [-0.15, -0.1) is 0 Å². The molecule has 62 heavy (non-hydrogen) atoms. The van der Waals surface area contributed by atoms with Gasteiger partial charge in [0.25, 0.3) is 0 Å². The third-order valence-corrected chi connectivity index (χ3v) is 12.6. The van der Waals surface area contributed by atoms with E-state index in [-0.39, 0.29) is 23.0 Å². The number of hydrogen-bond acceptors (Lipinski definition) is 12. The lowest BCUT2D eigenvalue weighted by atomic mass is 10.1. The van der Waals surface area contributed by atoms with Gasteiger partial charge in [-0.1, -0.05) is 60.7 Å². The molecule has 14 nitrogen and oxygen atoms in total. The number of aryl methyl sites for hydroxylation is 2. The number of benzene rings is 4. The number of esters is 2. The molecular formula is C46H46N4O10S2. The fraction of sp³-hybridized carbons (Fsp3) is 0.217. The average Bonchev–Trinajstić information content (AvgIpc) is 3.31. The Morgan fingerprint density at radius 2 is 0.935 bits per heavy atom. The van der Waals surface area contributed by atoms with E-state index >= 15 is 0 Å². The highest BCUT2D eigenvalue weighted by Gasteiger charge is 2.27. The van der Waals surface area contributed by atoms with Gasteiger partial charge in [-0.3, -0.25) is 9.97 Å². The van der Waals surface area contributed by atoms with Crippen LogP contribution < -0.4 is 18.9 Å². The maximum atomic E-state index is 13.4. The zero-order valence-corrected chi connectivity index (χ0v) is 35.7. The zero-order valence-electron chi connectivity index (χ0n) is 34.0. The van der Waals surface area contributed by atoms with Crippen LogP contribution in [0.4, 0.5) is 0 Å². The first kappa shape index (κ1) is 45.1. The molecule has 0 saturated heterocycles. The summed E-state index contributed by atoms with van der Waals surface area (Å²) in [6.45, 7) is -0.151. The van der Waals surface area contributed by atoms with Crippen molar-refractivity contribution in [2.24, 2.45) is 0 Å². The van der Waals surface area contributed by atoms with Gasteiger partial charge in [-0.25, -0.2) is 35.9 Å². The maximum absolute atomic E-state index is 13.4. The molecule has 0 radical (unpaired) electrons. The highest BCUT2D eigenvalue weighted by molar-refractivity contribution is 7.89. The van der Waals surface area contributed by atoms with Crippen LogP contribution in [0.3, 0.4) is 0 Å². The number of carbonyl (C=O) groups is 2. The summed E-state index contributed by atoms with van der Waals surface area (Å²) in [5.74, 6) is -1.44. The predicted octanol–water partition coefficient (Wildman–Crippen LogP) is 6.17. The van der Waals surface area contributed by atoms with Crippen LogP contribution >= 0.6 is 0 Å². The molecule has 6 aromatic rings. The highest BCUT2D eigenvalue weighted by Crippen LogP contribution is 2.27. The van der Waals surface area contributed by atoms with Crippen LogP contribution in [0.2, 0.25) is 0 Å². The molecule has 0 bridgehead atoms. The summed E-state index contributed by atoms with van der Waals surface area (Å²) in [6.07, 6.45) is 6.63. The number of hydrogen-bond donors (Lipinski definition) is 2. The molecule has 2 aromatic heterocycles. The van der Waals surface area contributed by atoms with Gasteiger partial charge < -0.3 is 18.9 Å². The zero-order chi connectivity index (χ0) is 44.0. The van der Waals surface area contributed by atoms with Crippen molar-refractivity contribution >= 4 is 32.0 Å². The number of rotatable bonds is 20. The van der Waals surface area contributed by atoms with Gasteiger partial charge in [0.1, 0.15) is 36.9 Å². The Bertz CT molecular complexity index is 2450. The van der Waals surface area contributed by atoms with Crippen molar-refractivity contribution < 1.29 is 45.4 Å². The molecular weight excluding hydrogens is 833 g/mol. The van der Waals surface area contributed by atoms with Gasteiger partial charge in [0.2, 0.25) is 20.0 Å². The molecule has 0 unspecified atom stereocenters. The topological polar surface area (TPSA) is 189 Å². The molecule has 2 N–H and O–H groups in total. The minimum atomic E-state index is -3.62. The summed E-state index contributed by atoms with van der Waals surface area (Å²) in [6, 6.07) is 34.5. The van der Waals surface area contributed by atoms with E-state index in [1.54, 1.807) is 122 Å². The number of nitrogens with zero attached hydrogens (tertiary/aromatic N) is 2. The Morgan fingerprint density at radius 1 is 0.532 bits per heavy atom. The molecule has 0 aliphatic carbocycles. The summed E-state index contributed by atoms with van der Waals surface area (Å²) in [5.41, 5.74) is 4.72. The van der Waals surface area contributed by atoms with Crippen molar-refractivity contribution in [1.29, 1.82) is 0 Å². The van der Waals surface area contributed by atoms with Crippen LogP contribution in [-0.4, -0.2) is 78.3 Å². The number of nitrogens with one attached hydrogen (secondary N) is 2. The molecule has 2 atom stereocenters. The Labute approximate surface area is 361 Å². The number of sulfonamides is 2. The Hall–Kier alpha value is -6.46. The molecule has 0 fully saturated rings. The molecule has 0 aliphatic heterocycles. The second-order valence-electron chi connectivity index (χ2n) is 14.0. The van der Waals surface area contributed by atoms with E-state index in [1.807, 2.05) is 12.1 Å². The minimum absolute atomic E-state index is 0.0757. The van der Waals surface area contributed by atoms with Crippen LogP contribution in [0.1, 0.15) is 24.0 Å². The lowest BCUT2D eigenvalue weighted by Gasteiger charge is -2.21. The minimum Gasteiger partial charge on any atom is -0.490 e. The monoisotopic (exact) mass is 878 g/mol. The van der Waals surface area contributed by atoms with Crippen molar-refractivity contribution in [2.45, 2.75) is 47.7 Å². The lowest BCUT2D eigenvalue weighted by Crippen LogP contribution is -2.34. The van der Waals surface area contributed by atoms with Crippen LogP contribution in [0.5, 0.6) is 11.5 Å². The molecule has 0 spiro atoms. The van der Waals surface area contributed by atoms with Crippen molar-refractivity contribution in [3.05, 3.63) is 157 Å². The number of carbonyl (C=O) groups excluding carboxylic acids is 2. The molecule has 0 aliphatic rings. The second-order valence-corrected chi connectivity index (χ2v) is 17.8. The van der Waals surface area contributed by atoms with Crippen LogP contribution in [0.15, 0.2) is 156 Å². The normalized spacial score (nSPS) is 12.5. The Balaban J connectivity index is 1.10.